The van der Waals surface area contributed by atoms with E-state index in [0.29, 0.717) is 6.04 Å². The smallest absolute Gasteiger partial charge is 0.126 e. The second-order valence-corrected chi connectivity index (χ2v) is 5.02. The fourth-order valence-corrected chi connectivity index (χ4v) is 2.56. The number of pyridine rings is 1. The third kappa shape index (κ3) is 2.86. The number of hydrogen-bond acceptors (Lipinski definition) is 4. The van der Waals surface area contributed by atoms with Crippen molar-refractivity contribution in [1.82, 2.24) is 14.8 Å². The maximum Gasteiger partial charge on any atom is 0.126 e. The number of nitrogens with zero attached hydrogens (tertiary/aromatic N) is 4. The topological polar surface area (TPSA) is 46.0 Å². The summed E-state index contributed by atoms with van der Waals surface area (Å²) in [4.78, 5) is 6.71. The summed E-state index contributed by atoms with van der Waals surface area (Å²) in [5.74, 6) is 0.959. The number of rotatable bonds is 3. The van der Waals surface area contributed by atoms with E-state index in [9.17, 15) is 0 Å². The normalized spacial score (nSPS) is 19.4. The molecule has 0 bridgehead atoms. The van der Waals surface area contributed by atoms with E-state index in [1.54, 1.807) is 0 Å². The summed E-state index contributed by atoms with van der Waals surface area (Å²) in [5, 5.41) is 7.75. The molecule has 1 saturated heterocycles. The summed E-state index contributed by atoms with van der Waals surface area (Å²) in [5.41, 5.74) is 1.20. The number of aryl methyl sites for hydroxylation is 1. The van der Waals surface area contributed by atoms with Crippen molar-refractivity contribution < 1.29 is 0 Å². The molecular weight excluding hydrogens is 238 g/mol. The third-order valence-electron chi connectivity index (χ3n) is 3.49. The first-order valence-electron chi connectivity index (χ1n) is 6.72. The molecule has 1 fully saturated rings. The van der Waals surface area contributed by atoms with Gasteiger partial charge in [0.15, 0.2) is 0 Å². The molecular formula is C14H19N5. The molecule has 5 nitrogen and oxygen atoms in total. The lowest BCUT2D eigenvalue weighted by Gasteiger charge is -2.34. The Morgan fingerprint density at radius 3 is 3.05 bits per heavy atom. The minimum Gasteiger partial charge on any atom is -0.367 e. The fourth-order valence-electron chi connectivity index (χ4n) is 2.56. The highest BCUT2D eigenvalue weighted by molar-refractivity contribution is 5.44. The average Bonchev–Trinajstić information content (AvgIpc) is 2.87. The molecule has 3 heterocycles. The van der Waals surface area contributed by atoms with Crippen LogP contribution in [0.2, 0.25) is 0 Å². The SMILES string of the molecule is Cn1cc(N2CCCC(Nc3ccccn3)C2)cn1. The number of nitrogens with one attached hydrogen (secondary N) is 1. The van der Waals surface area contributed by atoms with Crippen molar-refractivity contribution in [2.24, 2.45) is 7.05 Å². The summed E-state index contributed by atoms with van der Waals surface area (Å²) in [7, 11) is 1.96. The van der Waals surface area contributed by atoms with Crippen molar-refractivity contribution >= 4 is 11.5 Å². The Kier molecular flexibility index (Phi) is 3.35. The quantitative estimate of drug-likeness (QED) is 0.912. The van der Waals surface area contributed by atoms with Gasteiger partial charge in [0.25, 0.3) is 0 Å². The molecule has 0 radical (unpaired) electrons. The van der Waals surface area contributed by atoms with Crippen LogP contribution in [0.15, 0.2) is 36.8 Å². The Labute approximate surface area is 113 Å². The van der Waals surface area contributed by atoms with Crippen LogP contribution in [0.1, 0.15) is 12.8 Å². The van der Waals surface area contributed by atoms with E-state index >= 15 is 0 Å². The molecule has 1 aliphatic rings. The number of aromatic nitrogens is 3. The highest BCUT2D eigenvalue weighted by Crippen LogP contribution is 2.20. The molecule has 2 aromatic rings. The highest BCUT2D eigenvalue weighted by Gasteiger charge is 2.20. The number of piperidine rings is 1. The van der Waals surface area contributed by atoms with Crippen molar-refractivity contribution in [3.05, 3.63) is 36.8 Å². The molecule has 5 heteroatoms. The predicted octanol–water partition coefficient (Wildman–Crippen LogP) is 1.90. The van der Waals surface area contributed by atoms with Gasteiger partial charge in [-0.2, -0.15) is 5.10 Å². The van der Waals surface area contributed by atoms with Crippen molar-refractivity contribution in [2.45, 2.75) is 18.9 Å². The van der Waals surface area contributed by atoms with Gasteiger partial charge >= 0.3 is 0 Å². The van der Waals surface area contributed by atoms with Gasteiger partial charge < -0.3 is 10.2 Å². The van der Waals surface area contributed by atoms with Gasteiger partial charge in [0.1, 0.15) is 5.82 Å². The predicted molar refractivity (Wildman–Crippen MR) is 76.3 cm³/mol. The lowest BCUT2D eigenvalue weighted by Crippen LogP contribution is -2.42. The van der Waals surface area contributed by atoms with Gasteiger partial charge in [0.2, 0.25) is 0 Å². The van der Waals surface area contributed by atoms with Crippen LogP contribution in [0.4, 0.5) is 11.5 Å². The van der Waals surface area contributed by atoms with Crippen LogP contribution in [0, 0.1) is 0 Å². The van der Waals surface area contributed by atoms with E-state index in [1.165, 1.54) is 18.5 Å². The van der Waals surface area contributed by atoms with Crippen molar-refractivity contribution in [3.8, 4) is 0 Å². The van der Waals surface area contributed by atoms with Crippen molar-refractivity contribution in [2.75, 3.05) is 23.3 Å². The van der Waals surface area contributed by atoms with E-state index in [-0.39, 0.29) is 0 Å². The Morgan fingerprint density at radius 2 is 2.32 bits per heavy atom. The van der Waals surface area contributed by atoms with Gasteiger partial charge in [-0.1, -0.05) is 6.07 Å². The van der Waals surface area contributed by atoms with Crippen LogP contribution in [0.3, 0.4) is 0 Å². The van der Waals surface area contributed by atoms with Gasteiger partial charge in [-0.15, -0.1) is 0 Å². The molecule has 1 N–H and O–H groups in total. The van der Waals surface area contributed by atoms with Gasteiger partial charge in [-0.05, 0) is 25.0 Å². The molecule has 0 saturated carbocycles. The van der Waals surface area contributed by atoms with E-state index in [2.05, 4.69) is 26.5 Å². The first-order chi connectivity index (χ1) is 9.31. The average molecular weight is 257 g/mol. The summed E-state index contributed by atoms with van der Waals surface area (Å²) in [6.07, 6.45) is 8.21. The molecule has 3 rings (SSSR count). The molecule has 1 unspecified atom stereocenters. The molecule has 1 atom stereocenters. The lowest BCUT2D eigenvalue weighted by molar-refractivity contribution is 0.529. The molecule has 0 amide bonds. The van der Waals surface area contributed by atoms with Crippen LogP contribution in [0.25, 0.3) is 0 Å². The van der Waals surface area contributed by atoms with E-state index in [0.717, 1.165) is 18.9 Å². The van der Waals surface area contributed by atoms with Crippen LogP contribution in [-0.2, 0) is 7.05 Å². The van der Waals surface area contributed by atoms with Gasteiger partial charge in [0.05, 0.1) is 11.9 Å². The standard InChI is InChI=1S/C14H19N5/c1-18-11-13(9-16-18)19-8-4-5-12(10-19)17-14-6-2-3-7-15-14/h2-3,6-7,9,11-12H,4-5,8,10H2,1H3,(H,15,17). The van der Waals surface area contributed by atoms with Crippen molar-refractivity contribution in [3.63, 3.8) is 0 Å². The zero-order valence-electron chi connectivity index (χ0n) is 11.2. The largest absolute Gasteiger partial charge is 0.367 e. The summed E-state index contributed by atoms with van der Waals surface area (Å²) in [6.45, 7) is 2.11. The molecule has 100 valence electrons. The molecule has 19 heavy (non-hydrogen) atoms. The Bertz CT molecular complexity index is 522. The minimum absolute atomic E-state index is 0.448. The first-order valence-corrected chi connectivity index (χ1v) is 6.72. The molecule has 0 spiro atoms. The summed E-state index contributed by atoms with van der Waals surface area (Å²) in [6, 6.07) is 6.41. The second kappa shape index (κ2) is 5.30. The maximum atomic E-state index is 4.33. The van der Waals surface area contributed by atoms with Crippen LogP contribution in [0.5, 0.6) is 0 Å². The number of hydrogen-bond donors (Lipinski definition) is 1. The van der Waals surface area contributed by atoms with Gasteiger partial charge in [0, 0.05) is 38.6 Å². The van der Waals surface area contributed by atoms with Crippen LogP contribution < -0.4 is 10.2 Å². The van der Waals surface area contributed by atoms with E-state index in [1.807, 2.05) is 42.3 Å². The number of anilines is 2. The molecule has 2 aromatic heterocycles. The molecule has 0 aromatic carbocycles. The second-order valence-electron chi connectivity index (χ2n) is 5.02. The zero-order valence-corrected chi connectivity index (χ0v) is 11.2. The summed E-state index contributed by atoms with van der Waals surface area (Å²) >= 11 is 0. The Morgan fingerprint density at radius 1 is 1.37 bits per heavy atom. The van der Waals surface area contributed by atoms with Crippen molar-refractivity contribution in [1.29, 1.82) is 0 Å². The summed E-state index contributed by atoms with van der Waals surface area (Å²) < 4.78 is 1.85. The molecule has 1 aliphatic heterocycles. The highest BCUT2D eigenvalue weighted by atomic mass is 15.3. The van der Waals surface area contributed by atoms with Crippen LogP contribution in [-0.4, -0.2) is 33.9 Å². The third-order valence-corrected chi connectivity index (χ3v) is 3.49. The van der Waals surface area contributed by atoms with Gasteiger partial charge in [-0.3, -0.25) is 4.68 Å². The molecule has 0 aliphatic carbocycles. The van der Waals surface area contributed by atoms with E-state index < -0.39 is 0 Å². The minimum atomic E-state index is 0.448. The Hall–Kier alpha value is -2.04. The first kappa shape index (κ1) is 12.0. The van der Waals surface area contributed by atoms with Gasteiger partial charge in [-0.25, -0.2) is 4.98 Å². The monoisotopic (exact) mass is 257 g/mol. The maximum absolute atomic E-state index is 4.33. The zero-order chi connectivity index (χ0) is 13.1. The fraction of sp³-hybridized carbons (Fsp3) is 0.429. The Balaban J connectivity index is 1.65. The van der Waals surface area contributed by atoms with Crippen LogP contribution >= 0.6 is 0 Å². The van der Waals surface area contributed by atoms with E-state index in [4.69, 9.17) is 0 Å². The lowest BCUT2D eigenvalue weighted by atomic mass is 10.1.